The Morgan fingerprint density at radius 1 is 0.902 bits per heavy atom. The van der Waals surface area contributed by atoms with Crippen LogP contribution in [0.1, 0.15) is 38.2 Å². The van der Waals surface area contributed by atoms with Gasteiger partial charge in [0.1, 0.15) is 11.5 Å². The second kappa shape index (κ2) is 13.1. The predicted molar refractivity (Wildman–Crippen MR) is 164 cm³/mol. The highest BCUT2D eigenvalue weighted by molar-refractivity contribution is 7.92. The van der Waals surface area contributed by atoms with Crippen LogP contribution in [-0.4, -0.2) is 50.7 Å². The van der Waals surface area contributed by atoms with Gasteiger partial charge in [0.15, 0.2) is 0 Å². The molecule has 3 unspecified atom stereocenters. The maximum Gasteiger partial charge on any atom is 0.241 e. The van der Waals surface area contributed by atoms with E-state index in [-0.39, 0.29) is 11.9 Å². The summed E-state index contributed by atoms with van der Waals surface area (Å²) in [5.74, 6) is 2.52. The first kappa shape index (κ1) is 29.1. The molecule has 0 radical (unpaired) electrons. The van der Waals surface area contributed by atoms with Crippen molar-refractivity contribution in [3.05, 3.63) is 84.4 Å². The monoisotopic (exact) mass is 576 g/mol. The van der Waals surface area contributed by atoms with Crippen molar-refractivity contribution in [2.75, 3.05) is 29.4 Å². The maximum absolute atomic E-state index is 13.1. The molecule has 41 heavy (non-hydrogen) atoms. The fourth-order valence-corrected chi connectivity index (χ4v) is 6.71. The molecule has 3 atom stereocenters. The third-order valence-electron chi connectivity index (χ3n) is 7.96. The molecule has 0 spiro atoms. The van der Waals surface area contributed by atoms with Crippen LogP contribution in [0.4, 0.5) is 11.4 Å². The summed E-state index contributed by atoms with van der Waals surface area (Å²) in [5.41, 5.74) is 2.58. The van der Waals surface area contributed by atoms with E-state index in [1.807, 2.05) is 42.5 Å². The minimum Gasteiger partial charge on any atom is -0.457 e. The number of anilines is 2. The van der Waals surface area contributed by atoms with Crippen molar-refractivity contribution in [1.29, 1.82) is 0 Å². The van der Waals surface area contributed by atoms with Crippen LogP contribution in [0.25, 0.3) is 0 Å². The fraction of sp³-hybridized carbons (Fsp3) is 0.406. The molecule has 2 fully saturated rings. The van der Waals surface area contributed by atoms with E-state index in [1.54, 1.807) is 24.3 Å². The van der Waals surface area contributed by atoms with Gasteiger partial charge >= 0.3 is 0 Å². The number of sulfonamides is 1. The molecule has 2 aliphatic rings. The van der Waals surface area contributed by atoms with Crippen LogP contribution in [0.3, 0.4) is 0 Å². The Morgan fingerprint density at radius 3 is 2.10 bits per heavy atom. The first-order valence-electron chi connectivity index (χ1n) is 14.4. The number of carbonyl (C=O) groups is 1. The molecule has 1 saturated carbocycles. The highest BCUT2D eigenvalue weighted by Crippen LogP contribution is 2.38. The summed E-state index contributed by atoms with van der Waals surface area (Å²) >= 11 is 0. The van der Waals surface area contributed by atoms with Crippen molar-refractivity contribution in [1.82, 2.24) is 10.2 Å². The van der Waals surface area contributed by atoms with E-state index in [4.69, 9.17) is 4.74 Å². The van der Waals surface area contributed by atoms with Gasteiger partial charge in [0.25, 0.3) is 0 Å². The smallest absolute Gasteiger partial charge is 0.241 e. The summed E-state index contributed by atoms with van der Waals surface area (Å²) in [5, 5.41) is 6.87. The van der Waals surface area contributed by atoms with Gasteiger partial charge in [-0.15, -0.1) is 0 Å². The number of amides is 1. The highest BCUT2D eigenvalue weighted by Gasteiger charge is 2.43. The molecular weight excluding hydrogens is 536 g/mol. The number of ether oxygens (including phenoxy) is 1. The van der Waals surface area contributed by atoms with Crippen molar-refractivity contribution >= 4 is 27.3 Å². The van der Waals surface area contributed by atoms with Crippen LogP contribution >= 0.6 is 0 Å². The standard InChI is InChI=1S/C32H40N4O4S/c1-3-7-30(32(37)33-26-8-5-4-6-9-26)34-31-24-12-13-25(31)22-36(21-24)20-23-10-16-28(17-11-23)40-29-18-14-27(15-19-29)35-41(2,38)39/h4-6,8-11,14-19,24-25,30-31,34-35H,3,7,12-13,20-22H2,1-2H3,(H,33,37). The van der Waals surface area contributed by atoms with Crippen LogP contribution in [0.2, 0.25) is 0 Å². The van der Waals surface area contributed by atoms with Gasteiger partial charge in [0.05, 0.1) is 12.3 Å². The average Bonchev–Trinajstić information content (AvgIpc) is 3.17. The van der Waals surface area contributed by atoms with Gasteiger partial charge in [0, 0.05) is 37.1 Å². The lowest BCUT2D eigenvalue weighted by molar-refractivity contribution is -0.118. The minimum absolute atomic E-state index is 0.0590. The molecule has 5 rings (SSSR count). The predicted octanol–water partition coefficient (Wildman–Crippen LogP) is 5.46. The first-order valence-corrected chi connectivity index (χ1v) is 16.3. The Bertz CT molecular complexity index is 1380. The van der Waals surface area contributed by atoms with Crippen LogP contribution in [0.15, 0.2) is 78.9 Å². The average molecular weight is 577 g/mol. The Kier molecular flexibility index (Phi) is 9.27. The quantitative estimate of drug-likeness (QED) is 0.265. The summed E-state index contributed by atoms with van der Waals surface area (Å²) in [4.78, 5) is 15.6. The van der Waals surface area contributed by atoms with Crippen LogP contribution < -0.4 is 20.1 Å². The first-order chi connectivity index (χ1) is 19.8. The zero-order valence-electron chi connectivity index (χ0n) is 23.8. The van der Waals surface area contributed by atoms with Crippen molar-refractivity contribution < 1.29 is 17.9 Å². The molecule has 1 heterocycles. The number of piperidine rings is 1. The zero-order valence-corrected chi connectivity index (χ0v) is 24.6. The number of rotatable bonds is 12. The lowest BCUT2D eigenvalue weighted by atomic mass is 9.90. The summed E-state index contributed by atoms with van der Waals surface area (Å²) in [6, 6.07) is 24.9. The Labute approximate surface area is 243 Å². The molecule has 9 heteroatoms. The van der Waals surface area contributed by atoms with E-state index >= 15 is 0 Å². The Balaban J connectivity index is 1.13. The lowest BCUT2D eigenvalue weighted by Crippen LogP contribution is -2.55. The number of carbonyl (C=O) groups excluding carboxylic acids is 1. The number of likely N-dealkylation sites (tertiary alicyclic amines) is 1. The van der Waals surface area contributed by atoms with E-state index in [9.17, 15) is 13.2 Å². The Morgan fingerprint density at radius 2 is 1.51 bits per heavy atom. The number of hydrogen-bond donors (Lipinski definition) is 3. The van der Waals surface area contributed by atoms with Gasteiger partial charge in [-0.2, -0.15) is 0 Å². The summed E-state index contributed by atoms with van der Waals surface area (Å²) < 4.78 is 31.2. The number of nitrogens with one attached hydrogen (secondary N) is 3. The van der Waals surface area contributed by atoms with Crippen molar-refractivity contribution in [3.8, 4) is 11.5 Å². The number of benzene rings is 3. The summed E-state index contributed by atoms with van der Waals surface area (Å²) in [6.45, 7) is 5.07. The molecule has 1 saturated heterocycles. The van der Waals surface area contributed by atoms with E-state index in [2.05, 4.69) is 39.3 Å². The molecule has 8 nitrogen and oxygen atoms in total. The van der Waals surface area contributed by atoms with E-state index in [1.165, 1.54) is 18.4 Å². The molecule has 218 valence electrons. The minimum atomic E-state index is -3.31. The molecule has 1 aliphatic heterocycles. The largest absolute Gasteiger partial charge is 0.457 e. The second-order valence-electron chi connectivity index (χ2n) is 11.3. The highest BCUT2D eigenvalue weighted by atomic mass is 32.2. The molecule has 3 N–H and O–H groups in total. The van der Waals surface area contributed by atoms with Crippen LogP contribution in [0, 0.1) is 11.8 Å². The van der Waals surface area contributed by atoms with E-state index in [0.717, 1.165) is 50.2 Å². The SMILES string of the molecule is CCCC(NC1C2CCC1CN(Cc1ccc(Oc3ccc(NS(C)(=O)=O)cc3)cc1)C2)C(=O)Nc1ccccc1. The van der Waals surface area contributed by atoms with E-state index in [0.29, 0.717) is 29.3 Å². The normalized spacial score (nSPS) is 21.3. The summed E-state index contributed by atoms with van der Waals surface area (Å²) in [6.07, 6.45) is 5.31. The Hall–Kier alpha value is -3.40. The second-order valence-corrected chi connectivity index (χ2v) is 13.1. The fourth-order valence-electron chi connectivity index (χ4n) is 6.15. The zero-order chi connectivity index (χ0) is 28.8. The van der Waals surface area contributed by atoms with Gasteiger partial charge in [-0.25, -0.2) is 8.42 Å². The van der Waals surface area contributed by atoms with Crippen LogP contribution in [-0.2, 0) is 21.4 Å². The maximum atomic E-state index is 13.1. The van der Waals surface area contributed by atoms with Crippen molar-refractivity contribution in [2.24, 2.45) is 11.8 Å². The summed E-state index contributed by atoms with van der Waals surface area (Å²) in [7, 11) is -3.31. The third kappa shape index (κ3) is 8.09. The van der Waals surface area contributed by atoms with Gasteiger partial charge in [-0.1, -0.05) is 43.7 Å². The number of para-hydroxylation sites is 1. The van der Waals surface area contributed by atoms with E-state index < -0.39 is 10.0 Å². The van der Waals surface area contributed by atoms with Gasteiger partial charge in [-0.05, 0) is 85.2 Å². The lowest BCUT2D eigenvalue weighted by Gasteiger charge is -2.40. The topological polar surface area (TPSA) is 99.8 Å². The molecule has 1 aliphatic carbocycles. The third-order valence-corrected chi connectivity index (χ3v) is 8.57. The van der Waals surface area contributed by atoms with Crippen molar-refractivity contribution in [3.63, 3.8) is 0 Å². The van der Waals surface area contributed by atoms with Crippen LogP contribution in [0.5, 0.6) is 11.5 Å². The number of hydrogen-bond acceptors (Lipinski definition) is 6. The molecule has 1 amide bonds. The number of nitrogens with zero attached hydrogens (tertiary/aromatic N) is 1. The van der Waals surface area contributed by atoms with Crippen molar-refractivity contribution in [2.45, 2.75) is 51.2 Å². The number of fused-ring (bicyclic) bond motifs is 2. The van der Waals surface area contributed by atoms with Gasteiger partial charge in [0.2, 0.25) is 15.9 Å². The van der Waals surface area contributed by atoms with Gasteiger partial charge in [-0.3, -0.25) is 14.4 Å². The molecule has 2 bridgehead atoms. The molecule has 0 aromatic heterocycles. The molecule has 3 aromatic carbocycles. The van der Waals surface area contributed by atoms with Gasteiger partial charge < -0.3 is 15.4 Å². The molecular formula is C32H40N4O4S. The molecule has 3 aromatic rings.